The molecule has 0 saturated carbocycles. The first-order valence-electron chi connectivity index (χ1n) is 17.9. The van der Waals surface area contributed by atoms with Crippen molar-refractivity contribution in [3.8, 4) is 62.1 Å². The van der Waals surface area contributed by atoms with Crippen molar-refractivity contribution >= 4 is 32.6 Å². The van der Waals surface area contributed by atoms with E-state index in [1.807, 2.05) is 12.1 Å². The van der Waals surface area contributed by atoms with Gasteiger partial charge in [0, 0.05) is 32.8 Å². The average Bonchev–Trinajstić information content (AvgIpc) is 3.58. The zero-order valence-electron chi connectivity index (χ0n) is 28.8. The molecule has 0 aliphatic carbocycles. The minimum atomic E-state index is 0.625. The number of rotatable bonds is 6. The van der Waals surface area contributed by atoms with Crippen molar-refractivity contribution in [2.45, 2.75) is 0 Å². The van der Waals surface area contributed by atoms with Crippen molar-refractivity contribution in [3.05, 3.63) is 194 Å². The lowest BCUT2D eigenvalue weighted by Crippen LogP contribution is -2.02. The van der Waals surface area contributed by atoms with Gasteiger partial charge >= 0.3 is 0 Å². The molecule has 0 unspecified atom stereocenters. The standard InChI is InChI=1S/C49H32N4/c1-3-16-33(17-4-1)37-21-7-9-25-42(37)48-50-47(51-49(52-48)43-26-10-8-22-38(43)34-18-5-2-6-19-34)36-30-31-39-35(32-36)20-15-29-44(39)53-45-27-13-11-23-40(45)41-24-12-14-28-46(41)53/h1-32H. The molecule has 8 aromatic carbocycles. The highest BCUT2D eigenvalue weighted by Gasteiger charge is 2.19. The maximum absolute atomic E-state index is 5.22. The lowest BCUT2D eigenvalue weighted by Gasteiger charge is -2.15. The van der Waals surface area contributed by atoms with Crippen LogP contribution in [0.4, 0.5) is 0 Å². The Hall–Kier alpha value is -7.17. The molecular formula is C49H32N4. The molecule has 4 nitrogen and oxygen atoms in total. The summed E-state index contributed by atoms with van der Waals surface area (Å²) in [5, 5.41) is 4.75. The molecule has 2 aromatic heterocycles. The lowest BCUT2D eigenvalue weighted by atomic mass is 9.98. The van der Waals surface area contributed by atoms with E-state index in [1.54, 1.807) is 0 Å². The molecule has 0 radical (unpaired) electrons. The Labute approximate surface area is 307 Å². The van der Waals surface area contributed by atoms with Gasteiger partial charge in [0.05, 0.1) is 16.7 Å². The predicted molar refractivity (Wildman–Crippen MR) is 219 cm³/mol. The Kier molecular flexibility index (Phi) is 7.43. The third kappa shape index (κ3) is 5.36. The first-order chi connectivity index (χ1) is 26.3. The van der Waals surface area contributed by atoms with Gasteiger partial charge < -0.3 is 4.57 Å². The van der Waals surface area contributed by atoms with E-state index in [1.165, 1.54) is 21.8 Å². The van der Waals surface area contributed by atoms with Crippen LogP contribution in [-0.2, 0) is 0 Å². The van der Waals surface area contributed by atoms with E-state index in [4.69, 9.17) is 15.0 Å². The highest BCUT2D eigenvalue weighted by atomic mass is 15.0. The van der Waals surface area contributed by atoms with E-state index in [9.17, 15) is 0 Å². The van der Waals surface area contributed by atoms with Gasteiger partial charge in [-0.1, -0.05) is 170 Å². The number of hydrogen-bond donors (Lipinski definition) is 0. The SMILES string of the molecule is c1ccc(-c2ccccc2-c2nc(-c3ccc4c(-n5c6ccccc6c6ccccc65)cccc4c3)nc(-c3ccccc3-c3ccccc3)n2)cc1. The van der Waals surface area contributed by atoms with Crippen molar-refractivity contribution in [1.29, 1.82) is 0 Å². The largest absolute Gasteiger partial charge is 0.309 e. The van der Waals surface area contributed by atoms with E-state index >= 15 is 0 Å². The summed E-state index contributed by atoms with van der Waals surface area (Å²) in [6.45, 7) is 0. The minimum Gasteiger partial charge on any atom is -0.309 e. The Bertz CT molecular complexity index is 2790. The van der Waals surface area contributed by atoms with Crippen molar-refractivity contribution in [2.24, 2.45) is 0 Å². The molecule has 0 amide bonds. The monoisotopic (exact) mass is 676 g/mol. The molecule has 0 atom stereocenters. The summed E-state index contributed by atoms with van der Waals surface area (Å²) in [6, 6.07) is 67.9. The van der Waals surface area contributed by atoms with E-state index in [2.05, 4.69) is 187 Å². The van der Waals surface area contributed by atoms with Gasteiger partial charge in [0.1, 0.15) is 0 Å². The van der Waals surface area contributed by atoms with E-state index in [0.29, 0.717) is 17.5 Å². The summed E-state index contributed by atoms with van der Waals surface area (Å²) in [5.41, 5.74) is 10.7. The van der Waals surface area contributed by atoms with Gasteiger partial charge in [-0.3, -0.25) is 0 Å². The second-order valence-corrected chi connectivity index (χ2v) is 13.2. The molecule has 0 aliphatic rings. The zero-order chi connectivity index (χ0) is 35.1. The molecule has 10 aromatic rings. The van der Waals surface area contributed by atoms with Crippen LogP contribution in [0, 0.1) is 0 Å². The lowest BCUT2D eigenvalue weighted by molar-refractivity contribution is 1.08. The first-order valence-corrected chi connectivity index (χ1v) is 17.9. The average molecular weight is 677 g/mol. The summed E-state index contributed by atoms with van der Waals surface area (Å²) >= 11 is 0. The third-order valence-corrected chi connectivity index (χ3v) is 10.1. The van der Waals surface area contributed by atoms with Crippen molar-refractivity contribution < 1.29 is 0 Å². The van der Waals surface area contributed by atoms with Crippen molar-refractivity contribution in [2.75, 3.05) is 0 Å². The fourth-order valence-electron chi connectivity index (χ4n) is 7.62. The Balaban J connectivity index is 1.18. The zero-order valence-corrected chi connectivity index (χ0v) is 28.8. The summed E-state index contributed by atoms with van der Waals surface area (Å²) in [7, 11) is 0. The molecule has 0 N–H and O–H groups in total. The van der Waals surface area contributed by atoms with Gasteiger partial charge in [-0.15, -0.1) is 0 Å². The van der Waals surface area contributed by atoms with Crippen molar-refractivity contribution in [3.63, 3.8) is 0 Å². The molecular weight excluding hydrogens is 645 g/mol. The normalized spacial score (nSPS) is 11.4. The van der Waals surface area contributed by atoms with Crippen molar-refractivity contribution in [1.82, 2.24) is 19.5 Å². The van der Waals surface area contributed by atoms with Crippen LogP contribution in [0.15, 0.2) is 194 Å². The molecule has 0 aliphatic heterocycles. The molecule has 10 rings (SSSR count). The van der Waals surface area contributed by atoms with Crippen LogP contribution in [0.2, 0.25) is 0 Å². The topological polar surface area (TPSA) is 43.6 Å². The molecule has 53 heavy (non-hydrogen) atoms. The second kappa shape index (κ2) is 12.9. The summed E-state index contributed by atoms with van der Waals surface area (Å²) in [6.07, 6.45) is 0. The molecule has 0 spiro atoms. The number of fused-ring (bicyclic) bond motifs is 4. The van der Waals surface area contributed by atoms with Crippen LogP contribution in [0.25, 0.3) is 94.7 Å². The number of benzene rings is 8. The van der Waals surface area contributed by atoms with Gasteiger partial charge in [-0.2, -0.15) is 0 Å². The smallest absolute Gasteiger partial charge is 0.164 e. The van der Waals surface area contributed by atoms with E-state index < -0.39 is 0 Å². The van der Waals surface area contributed by atoms with Gasteiger partial charge in [0.2, 0.25) is 0 Å². The molecule has 0 saturated heterocycles. The quantitative estimate of drug-likeness (QED) is 0.176. The summed E-state index contributed by atoms with van der Waals surface area (Å²) < 4.78 is 2.38. The fourth-order valence-corrected chi connectivity index (χ4v) is 7.62. The van der Waals surface area contributed by atoms with Crippen LogP contribution in [-0.4, -0.2) is 19.5 Å². The van der Waals surface area contributed by atoms with Crippen LogP contribution in [0.5, 0.6) is 0 Å². The predicted octanol–water partition coefficient (Wildman–Crippen LogP) is 12.5. The molecule has 0 bridgehead atoms. The molecule has 4 heteroatoms. The number of para-hydroxylation sites is 2. The maximum Gasteiger partial charge on any atom is 0.164 e. The Morgan fingerprint density at radius 1 is 0.302 bits per heavy atom. The van der Waals surface area contributed by atoms with Crippen LogP contribution in [0.1, 0.15) is 0 Å². The van der Waals surface area contributed by atoms with Crippen LogP contribution >= 0.6 is 0 Å². The molecule has 2 heterocycles. The maximum atomic E-state index is 5.22. The van der Waals surface area contributed by atoms with Gasteiger partial charge in [0.15, 0.2) is 17.5 Å². The Morgan fingerprint density at radius 2 is 0.774 bits per heavy atom. The molecule has 0 fully saturated rings. The minimum absolute atomic E-state index is 0.625. The van der Waals surface area contributed by atoms with Crippen LogP contribution < -0.4 is 0 Å². The number of aromatic nitrogens is 4. The van der Waals surface area contributed by atoms with E-state index in [-0.39, 0.29) is 0 Å². The van der Waals surface area contributed by atoms with E-state index in [0.717, 1.165) is 55.4 Å². The third-order valence-electron chi connectivity index (χ3n) is 10.1. The summed E-state index contributed by atoms with van der Waals surface area (Å²) in [4.78, 5) is 15.7. The Morgan fingerprint density at radius 3 is 1.34 bits per heavy atom. The molecule has 248 valence electrons. The number of nitrogens with zero attached hydrogens (tertiary/aromatic N) is 4. The van der Waals surface area contributed by atoms with Gasteiger partial charge in [-0.05, 0) is 51.9 Å². The summed E-state index contributed by atoms with van der Waals surface area (Å²) in [5.74, 6) is 1.89. The second-order valence-electron chi connectivity index (χ2n) is 13.2. The van der Waals surface area contributed by atoms with Gasteiger partial charge in [-0.25, -0.2) is 15.0 Å². The van der Waals surface area contributed by atoms with Crippen LogP contribution in [0.3, 0.4) is 0 Å². The van der Waals surface area contributed by atoms with Gasteiger partial charge in [0.25, 0.3) is 0 Å². The number of hydrogen-bond acceptors (Lipinski definition) is 3. The fraction of sp³-hybridized carbons (Fsp3) is 0. The highest BCUT2D eigenvalue weighted by Crippen LogP contribution is 2.38. The first kappa shape index (κ1) is 30.6. The highest BCUT2D eigenvalue weighted by molar-refractivity contribution is 6.10.